The summed E-state index contributed by atoms with van der Waals surface area (Å²) < 4.78 is 5.61. The van der Waals surface area contributed by atoms with E-state index in [0.29, 0.717) is 31.0 Å². The Kier molecular flexibility index (Phi) is 7.06. The lowest BCUT2D eigenvalue weighted by Crippen LogP contribution is -2.54. The van der Waals surface area contributed by atoms with Crippen LogP contribution >= 0.6 is 0 Å². The molecule has 0 amide bonds. The molecule has 1 N–H and O–H groups in total. The Balaban J connectivity index is 1.46. The standard InChI is InChI=1S/C25H42N4O3/c1-5-22-21-8-7-18-13-25(31,15-32-6-2)12-10-19(18)20(21)9-11-24(22,4)17(3)23(30)14-29-27-16-26-28-29/h16-22,31H,5-15H2,1-4H3/t17-,18+,19+,20-,21-,22+,24-,25-/m1/s1. The SMILES string of the molecule is CCOC[C@@]1(O)CC[C@H]2[C@@H](CC[C@@H]3[C@@H]2CC[C@](C)([C@H](C)C(=O)Cn2ncnn2)[C@H]3CC)C1. The number of fused-ring (bicyclic) bond motifs is 3. The maximum absolute atomic E-state index is 13.2. The zero-order valence-corrected chi connectivity index (χ0v) is 20.4. The van der Waals surface area contributed by atoms with Gasteiger partial charge in [-0.25, -0.2) is 0 Å². The number of hydrogen-bond acceptors (Lipinski definition) is 6. The molecule has 180 valence electrons. The quantitative estimate of drug-likeness (QED) is 0.651. The number of ether oxygens (including phenoxy) is 1. The van der Waals surface area contributed by atoms with Gasteiger partial charge in [0.15, 0.2) is 12.1 Å². The number of Topliss-reactive ketones (excluding diaryl/α,β-unsaturated/α-hetero) is 1. The largest absolute Gasteiger partial charge is 0.387 e. The van der Waals surface area contributed by atoms with Gasteiger partial charge in [0.2, 0.25) is 0 Å². The Bertz CT molecular complexity index is 771. The summed E-state index contributed by atoms with van der Waals surface area (Å²) in [5.41, 5.74) is -0.613. The minimum atomic E-state index is -0.631. The summed E-state index contributed by atoms with van der Waals surface area (Å²) in [5, 5.41) is 22.7. The zero-order valence-electron chi connectivity index (χ0n) is 20.4. The lowest BCUT2D eigenvalue weighted by Gasteiger charge is -2.59. The number of ketones is 1. The molecule has 1 aromatic heterocycles. The molecule has 0 aromatic carbocycles. The molecule has 7 heteroatoms. The van der Waals surface area contributed by atoms with E-state index in [4.69, 9.17) is 4.74 Å². The van der Waals surface area contributed by atoms with Gasteiger partial charge in [0.1, 0.15) is 6.54 Å². The molecule has 7 nitrogen and oxygen atoms in total. The number of carbonyl (C=O) groups excluding carboxylic acids is 1. The molecule has 3 aliphatic rings. The highest BCUT2D eigenvalue weighted by atomic mass is 16.5. The van der Waals surface area contributed by atoms with Crippen LogP contribution in [0.3, 0.4) is 0 Å². The summed E-state index contributed by atoms with van der Waals surface area (Å²) in [6.45, 7) is 10.2. The molecule has 0 radical (unpaired) electrons. The second-order valence-corrected chi connectivity index (χ2v) is 11.1. The van der Waals surface area contributed by atoms with E-state index in [9.17, 15) is 9.90 Å². The molecule has 3 aliphatic carbocycles. The zero-order chi connectivity index (χ0) is 22.9. The highest BCUT2D eigenvalue weighted by Crippen LogP contribution is 2.61. The van der Waals surface area contributed by atoms with E-state index in [0.717, 1.165) is 43.9 Å². The monoisotopic (exact) mass is 446 g/mol. The van der Waals surface area contributed by atoms with E-state index >= 15 is 0 Å². The first-order chi connectivity index (χ1) is 15.3. The van der Waals surface area contributed by atoms with Crippen LogP contribution in [0.4, 0.5) is 0 Å². The van der Waals surface area contributed by atoms with E-state index in [1.165, 1.54) is 30.4 Å². The van der Waals surface area contributed by atoms with Crippen LogP contribution in [-0.2, 0) is 16.1 Å². The first kappa shape index (κ1) is 23.8. The molecule has 0 aliphatic heterocycles. The van der Waals surface area contributed by atoms with E-state index < -0.39 is 5.60 Å². The Morgan fingerprint density at radius 2 is 1.97 bits per heavy atom. The smallest absolute Gasteiger partial charge is 0.162 e. The number of carbonyl (C=O) groups is 1. The van der Waals surface area contributed by atoms with E-state index in [-0.39, 0.29) is 23.7 Å². The highest BCUT2D eigenvalue weighted by Gasteiger charge is 2.55. The van der Waals surface area contributed by atoms with Crippen molar-refractivity contribution in [3.8, 4) is 0 Å². The predicted octanol–water partition coefficient (Wildman–Crippen LogP) is 3.91. The maximum Gasteiger partial charge on any atom is 0.162 e. The van der Waals surface area contributed by atoms with Crippen molar-refractivity contribution in [3.63, 3.8) is 0 Å². The second-order valence-electron chi connectivity index (χ2n) is 11.1. The van der Waals surface area contributed by atoms with Gasteiger partial charge in [-0.3, -0.25) is 4.79 Å². The number of nitrogens with zero attached hydrogens (tertiary/aromatic N) is 4. The molecule has 1 heterocycles. The predicted molar refractivity (Wildman–Crippen MR) is 122 cm³/mol. The summed E-state index contributed by atoms with van der Waals surface area (Å²) in [4.78, 5) is 14.6. The Labute approximate surface area is 192 Å². The lowest BCUT2D eigenvalue weighted by atomic mass is 9.46. The van der Waals surface area contributed by atoms with Crippen molar-refractivity contribution in [2.24, 2.45) is 40.9 Å². The molecule has 0 bridgehead atoms. The third kappa shape index (κ3) is 4.39. The van der Waals surface area contributed by atoms with Crippen molar-refractivity contribution in [2.75, 3.05) is 13.2 Å². The lowest BCUT2D eigenvalue weighted by molar-refractivity contribution is -0.145. The molecule has 0 unspecified atom stereocenters. The summed E-state index contributed by atoms with van der Waals surface area (Å²) in [6.07, 6.45) is 10.2. The Hall–Kier alpha value is -1.34. The van der Waals surface area contributed by atoms with Crippen molar-refractivity contribution in [1.82, 2.24) is 20.2 Å². The number of tetrazole rings is 1. The number of aliphatic hydroxyl groups is 1. The molecule has 8 atom stereocenters. The fraction of sp³-hybridized carbons (Fsp3) is 0.920. The van der Waals surface area contributed by atoms with E-state index in [2.05, 4.69) is 36.2 Å². The van der Waals surface area contributed by atoms with Crippen LogP contribution in [0.5, 0.6) is 0 Å². The van der Waals surface area contributed by atoms with Crippen LogP contribution < -0.4 is 0 Å². The molecule has 0 saturated heterocycles. The molecular formula is C25H42N4O3. The third-order valence-corrected chi connectivity index (χ3v) is 9.72. The molecule has 4 rings (SSSR count). The minimum Gasteiger partial charge on any atom is -0.387 e. The van der Waals surface area contributed by atoms with Crippen molar-refractivity contribution in [2.45, 2.75) is 91.2 Å². The van der Waals surface area contributed by atoms with Crippen molar-refractivity contribution in [3.05, 3.63) is 6.33 Å². The van der Waals surface area contributed by atoms with Crippen LogP contribution in [0.15, 0.2) is 6.33 Å². The molecule has 0 spiro atoms. The van der Waals surface area contributed by atoms with Gasteiger partial charge in [-0.2, -0.15) is 4.80 Å². The van der Waals surface area contributed by atoms with Crippen LogP contribution in [0, 0.1) is 40.9 Å². The van der Waals surface area contributed by atoms with Gasteiger partial charge in [0.05, 0.1) is 12.2 Å². The van der Waals surface area contributed by atoms with Gasteiger partial charge in [0.25, 0.3) is 0 Å². The van der Waals surface area contributed by atoms with Gasteiger partial charge >= 0.3 is 0 Å². The Morgan fingerprint density at radius 1 is 1.19 bits per heavy atom. The number of aromatic nitrogens is 4. The van der Waals surface area contributed by atoms with Gasteiger partial charge in [-0.1, -0.05) is 27.2 Å². The van der Waals surface area contributed by atoms with Crippen molar-refractivity contribution >= 4 is 5.78 Å². The highest BCUT2D eigenvalue weighted by molar-refractivity contribution is 5.81. The normalized spacial score (nSPS) is 40.3. The summed E-state index contributed by atoms with van der Waals surface area (Å²) in [7, 11) is 0. The molecule has 3 saturated carbocycles. The summed E-state index contributed by atoms with van der Waals surface area (Å²) in [6, 6.07) is 0. The molecular weight excluding hydrogens is 404 g/mol. The van der Waals surface area contributed by atoms with Crippen molar-refractivity contribution < 1.29 is 14.6 Å². The second kappa shape index (κ2) is 9.49. The molecule has 32 heavy (non-hydrogen) atoms. The number of hydrogen-bond donors (Lipinski definition) is 1. The van der Waals surface area contributed by atoms with Crippen molar-refractivity contribution in [1.29, 1.82) is 0 Å². The minimum absolute atomic E-state index is 0.0141. The third-order valence-electron chi connectivity index (χ3n) is 9.72. The first-order valence-electron chi connectivity index (χ1n) is 12.8. The Morgan fingerprint density at radius 3 is 2.66 bits per heavy atom. The van der Waals surface area contributed by atoms with Crippen LogP contribution in [0.1, 0.15) is 79.1 Å². The van der Waals surface area contributed by atoms with Gasteiger partial charge in [0, 0.05) is 12.5 Å². The average molecular weight is 447 g/mol. The van der Waals surface area contributed by atoms with E-state index in [1.807, 2.05) is 6.92 Å². The van der Waals surface area contributed by atoms with E-state index in [1.54, 1.807) is 0 Å². The number of rotatable bonds is 8. The maximum atomic E-state index is 13.2. The molecule has 1 aromatic rings. The summed E-state index contributed by atoms with van der Waals surface area (Å²) >= 11 is 0. The fourth-order valence-electron chi connectivity index (χ4n) is 7.95. The summed E-state index contributed by atoms with van der Waals surface area (Å²) in [5.74, 6) is 3.54. The topological polar surface area (TPSA) is 90.1 Å². The van der Waals surface area contributed by atoms with Gasteiger partial charge in [-0.05, 0) is 92.1 Å². The molecule has 3 fully saturated rings. The van der Waals surface area contributed by atoms with Crippen LogP contribution in [-0.4, -0.2) is 49.9 Å². The fourth-order valence-corrected chi connectivity index (χ4v) is 7.95. The van der Waals surface area contributed by atoms with Crippen LogP contribution in [0.2, 0.25) is 0 Å². The average Bonchev–Trinajstić information content (AvgIpc) is 3.29. The van der Waals surface area contributed by atoms with Crippen LogP contribution in [0.25, 0.3) is 0 Å². The van der Waals surface area contributed by atoms with Gasteiger partial charge < -0.3 is 9.84 Å². The van der Waals surface area contributed by atoms with Gasteiger partial charge in [-0.15, -0.1) is 10.2 Å². The first-order valence-corrected chi connectivity index (χ1v) is 12.8.